The molecule has 1 aromatic heterocycles. The van der Waals surface area contributed by atoms with Crippen LogP contribution in [0.4, 0.5) is 13.2 Å². The Labute approximate surface area is 121 Å². The second-order valence-electron chi connectivity index (χ2n) is 5.28. The van der Waals surface area contributed by atoms with E-state index < -0.39 is 12.2 Å². The zero-order valence-electron chi connectivity index (χ0n) is 11.6. The zero-order valence-corrected chi connectivity index (χ0v) is 11.6. The predicted octanol–water partition coefficient (Wildman–Crippen LogP) is 3.32. The minimum absolute atomic E-state index is 0.182. The number of alkyl halides is 3. The van der Waals surface area contributed by atoms with Crippen LogP contribution in [0.1, 0.15) is 17.9 Å². The summed E-state index contributed by atoms with van der Waals surface area (Å²) in [4.78, 5) is 5.70. The first-order valence-electron chi connectivity index (χ1n) is 6.86. The van der Waals surface area contributed by atoms with Gasteiger partial charge in [0, 0.05) is 18.8 Å². The van der Waals surface area contributed by atoms with Crippen molar-refractivity contribution in [3.8, 4) is 5.69 Å². The van der Waals surface area contributed by atoms with E-state index in [2.05, 4.69) is 4.98 Å². The average Bonchev–Trinajstić information content (AvgIpc) is 2.75. The third kappa shape index (κ3) is 2.68. The van der Waals surface area contributed by atoms with Crippen molar-refractivity contribution in [3.05, 3.63) is 48.0 Å². The molecule has 6 heteroatoms. The smallest absolute Gasteiger partial charge is 0.300 e. The fraction of sp³-hybridized carbons (Fsp3) is 0.400. The van der Waals surface area contributed by atoms with Gasteiger partial charge in [0.1, 0.15) is 11.9 Å². The van der Waals surface area contributed by atoms with Gasteiger partial charge in [-0.05, 0) is 25.5 Å². The van der Waals surface area contributed by atoms with Gasteiger partial charge < -0.3 is 0 Å². The van der Waals surface area contributed by atoms with Crippen LogP contribution in [-0.4, -0.2) is 33.2 Å². The average molecular weight is 295 g/mol. The molecule has 1 aromatic carbocycles. The molecule has 1 aliphatic rings. The summed E-state index contributed by atoms with van der Waals surface area (Å²) in [5.74, 6) is 0.778. The van der Waals surface area contributed by atoms with Gasteiger partial charge in [0.2, 0.25) is 0 Å². The Morgan fingerprint density at radius 1 is 1.24 bits per heavy atom. The maximum atomic E-state index is 12.8. The fourth-order valence-corrected chi connectivity index (χ4v) is 2.74. The molecule has 3 nitrogen and oxygen atoms in total. The minimum Gasteiger partial charge on any atom is -0.300 e. The van der Waals surface area contributed by atoms with E-state index >= 15 is 0 Å². The van der Waals surface area contributed by atoms with Crippen molar-refractivity contribution < 1.29 is 13.2 Å². The van der Waals surface area contributed by atoms with E-state index in [-0.39, 0.29) is 13.0 Å². The van der Waals surface area contributed by atoms with Gasteiger partial charge in [0.25, 0.3) is 0 Å². The number of imidazole rings is 1. The number of nitrogens with zero attached hydrogens (tertiary/aromatic N) is 3. The van der Waals surface area contributed by atoms with Gasteiger partial charge in [-0.1, -0.05) is 18.2 Å². The van der Waals surface area contributed by atoms with E-state index in [1.165, 1.54) is 4.90 Å². The molecule has 0 amide bonds. The number of likely N-dealkylation sites (tertiary alicyclic amines) is 1. The third-order valence-corrected chi connectivity index (χ3v) is 3.90. The number of rotatable bonds is 3. The molecule has 0 N–H and O–H groups in total. The van der Waals surface area contributed by atoms with E-state index in [0.717, 1.165) is 17.2 Å². The molecule has 112 valence electrons. The third-order valence-electron chi connectivity index (χ3n) is 3.90. The van der Waals surface area contributed by atoms with Crippen LogP contribution in [0.25, 0.3) is 5.69 Å². The van der Waals surface area contributed by atoms with E-state index in [4.69, 9.17) is 0 Å². The summed E-state index contributed by atoms with van der Waals surface area (Å²) in [5, 5.41) is 0. The molecule has 1 atom stereocenters. The van der Waals surface area contributed by atoms with Crippen molar-refractivity contribution >= 4 is 0 Å². The number of para-hydroxylation sites is 1. The summed E-state index contributed by atoms with van der Waals surface area (Å²) in [7, 11) is 0. The van der Waals surface area contributed by atoms with E-state index in [0.29, 0.717) is 6.54 Å². The zero-order chi connectivity index (χ0) is 15.0. The molecule has 0 aliphatic carbocycles. The minimum atomic E-state index is -4.15. The summed E-state index contributed by atoms with van der Waals surface area (Å²) >= 11 is 0. The number of hydrogen-bond acceptors (Lipinski definition) is 2. The molecule has 3 rings (SSSR count). The molecule has 1 aliphatic heterocycles. The highest BCUT2D eigenvalue weighted by Crippen LogP contribution is 2.34. The van der Waals surface area contributed by atoms with Crippen molar-refractivity contribution in [1.29, 1.82) is 0 Å². The van der Waals surface area contributed by atoms with Crippen LogP contribution in [0.15, 0.2) is 36.5 Å². The number of halogens is 3. The standard InChI is InChI=1S/C15H16F3N3/c1-11-19-9-13(21(11)12-5-3-2-4-6-12)10-20-8-7-14(20)15(16,17)18/h2-6,9,14H,7-8,10H2,1H3. The molecule has 0 spiro atoms. The highest BCUT2D eigenvalue weighted by atomic mass is 19.4. The molecule has 1 unspecified atom stereocenters. The number of benzene rings is 1. The maximum absolute atomic E-state index is 12.8. The van der Waals surface area contributed by atoms with E-state index in [1.54, 1.807) is 6.20 Å². The van der Waals surface area contributed by atoms with E-state index in [1.807, 2.05) is 41.8 Å². The number of aryl methyl sites for hydroxylation is 1. The van der Waals surface area contributed by atoms with Crippen LogP contribution in [0, 0.1) is 6.92 Å². The molecule has 2 aromatic rings. The second-order valence-corrected chi connectivity index (χ2v) is 5.28. The Balaban J connectivity index is 1.85. The van der Waals surface area contributed by atoms with E-state index in [9.17, 15) is 13.2 Å². The molecule has 0 saturated carbocycles. The first-order valence-corrected chi connectivity index (χ1v) is 6.86. The molecule has 1 saturated heterocycles. The lowest BCUT2D eigenvalue weighted by Gasteiger charge is -2.41. The maximum Gasteiger partial charge on any atom is 0.404 e. The van der Waals surface area contributed by atoms with Crippen LogP contribution in [0.2, 0.25) is 0 Å². The Hall–Kier alpha value is -1.82. The van der Waals surface area contributed by atoms with Crippen molar-refractivity contribution in [1.82, 2.24) is 14.5 Å². The van der Waals surface area contributed by atoms with Gasteiger partial charge in [-0.3, -0.25) is 9.47 Å². The lowest BCUT2D eigenvalue weighted by molar-refractivity contribution is -0.212. The summed E-state index contributed by atoms with van der Waals surface area (Å²) in [6, 6.07) is 8.24. The second kappa shape index (κ2) is 5.18. The predicted molar refractivity (Wildman–Crippen MR) is 73.2 cm³/mol. The van der Waals surface area contributed by atoms with Gasteiger partial charge in [0.05, 0.1) is 11.9 Å². The lowest BCUT2D eigenvalue weighted by Crippen LogP contribution is -2.55. The van der Waals surface area contributed by atoms with Crippen molar-refractivity contribution in [2.75, 3.05) is 6.54 Å². The first kappa shape index (κ1) is 14.1. The Morgan fingerprint density at radius 2 is 1.95 bits per heavy atom. The van der Waals surface area contributed by atoms with Gasteiger partial charge in [-0.2, -0.15) is 13.2 Å². The molecular weight excluding hydrogens is 279 g/mol. The number of hydrogen-bond donors (Lipinski definition) is 0. The van der Waals surface area contributed by atoms with Crippen molar-refractivity contribution in [2.24, 2.45) is 0 Å². The number of aromatic nitrogens is 2. The monoisotopic (exact) mass is 295 g/mol. The summed E-state index contributed by atoms with van der Waals surface area (Å²) in [5.41, 5.74) is 1.71. The fourth-order valence-electron chi connectivity index (χ4n) is 2.74. The Morgan fingerprint density at radius 3 is 2.52 bits per heavy atom. The normalized spacial score (nSPS) is 19.5. The first-order chi connectivity index (χ1) is 9.97. The van der Waals surface area contributed by atoms with Crippen molar-refractivity contribution in [3.63, 3.8) is 0 Å². The highest BCUT2D eigenvalue weighted by molar-refractivity contribution is 5.35. The topological polar surface area (TPSA) is 21.1 Å². The quantitative estimate of drug-likeness (QED) is 0.866. The molecule has 1 fully saturated rings. The molecule has 0 radical (unpaired) electrons. The van der Waals surface area contributed by atoms with Gasteiger partial charge in [0.15, 0.2) is 0 Å². The van der Waals surface area contributed by atoms with Gasteiger partial charge in [-0.15, -0.1) is 0 Å². The summed E-state index contributed by atoms with van der Waals surface area (Å²) < 4.78 is 40.4. The molecule has 2 heterocycles. The molecule has 21 heavy (non-hydrogen) atoms. The lowest BCUT2D eigenvalue weighted by atomic mass is 10.0. The van der Waals surface area contributed by atoms with Crippen LogP contribution in [0.3, 0.4) is 0 Å². The van der Waals surface area contributed by atoms with Gasteiger partial charge in [-0.25, -0.2) is 4.98 Å². The SMILES string of the molecule is Cc1ncc(CN2CCC2C(F)(F)F)n1-c1ccccc1. The summed E-state index contributed by atoms with van der Waals surface area (Å²) in [6.07, 6.45) is -2.30. The van der Waals surface area contributed by atoms with Crippen LogP contribution >= 0.6 is 0 Å². The highest BCUT2D eigenvalue weighted by Gasteiger charge is 2.48. The van der Waals surface area contributed by atoms with Crippen LogP contribution in [0.5, 0.6) is 0 Å². The molecular formula is C15H16F3N3. The Bertz CT molecular complexity index is 619. The van der Waals surface area contributed by atoms with Crippen LogP contribution < -0.4 is 0 Å². The van der Waals surface area contributed by atoms with Gasteiger partial charge >= 0.3 is 6.18 Å². The van der Waals surface area contributed by atoms with Crippen molar-refractivity contribution in [2.45, 2.75) is 32.1 Å². The largest absolute Gasteiger partial charge is 0.404 e. The van der Waals surface area contributed by atoms with Crippen LogP contribution in [-0.2, 0) is 6.54 Å². The summed E-state index contributed by atoms with van der Waals surface area (Å²) in [6.45, 7) is 2.59. The Kier molecular flexibility index (Phi) is 3.49. The molecule has 0 bridgehead atoms.